The standard InChI is InChI=1S/C25H28N4O3/c1-16(2)31-23-8-6-18(13-20(23)14-26)25-27-24(28-32-25)22-7-5-19-15-29(10-4-12-30)11-9-21(19)17(22)3/h5-8,13,16,30H,4,9-12,15H2,1-3H3. The molecule has 0 saturated carbocycles. The van der Waals surface area contributed by atoms with E-state index in [1.54, 1.807) is 12.1 Å². The number of rotatable bonds is 7. The van der Waals surface area contributed by atoms with Gasteiger partial charge in [0.25, 0.3) is 5.89 Å². The van der Waals surface area contributed by atoms with Gasteiger partial charge in [0.05, 0.1) is 11.7 Å². The quantitative estimate of drug-likeness (QED) is 0.600. The highest BCUT2D eigenvalue weighted by molar-refractivity contribution is 5.66. The zero-order valence-electron chi connectivity index (χ0n) is 18.8. The normalized spacial score (nSPS) is 13.8. The topological polar surface area (TPSA) is 95.4 Å². The molecule has 1 aliphatic rings. The summed E-state index contributed by atoms with van der Waals surface area (Å²) in [6, 6.07) is 11.7. The molecule has 1 N–H and O–H groups in total. The van der Waals surface area contributed by atoms with Crippen LogP contribution in [0.2, 0.25) is 0 Å². The van der Waals surface area contributed by atoms with Crippen molar-refractivity contribution in [2.24, 2.45) is 0 Å². The molecule has 32 heavy (non-hydrogen) atoms. The van der Waals surface area contributed by atoms with Gasteiger partial charge in [-0.15, -0.1) is 0 Å². The van der Waals surface area contributed by atoms with Crippen LogP contribution < -0.4 is 4.74 Å². The van der Waals surface area contributed by atoms with Gasteiger partial charge in [-0.3, -0.25) is 4.90 Å². The van der Waals surface area contributed by atoms with Crippen LogP contribution in [-0.2, 0) is 13.0 Å². The number of nitrogens with zero attached hydrogens (tertiary/aromatic N) is 4. The number of aliphatic hydroxyl groups excluding tert-OH is 1. The van der Waals surface area contributed by atoms with Gasteiger partial charge in [-0.25, -0.2) is 0 Å². The summed E-state index contributed by atoms with van der Waals surface area (Å²) in [5.74, 6) is 1.47. The smallest absolute Gasteiger partial charge is 0.258 e. The Kier molecular flexibility index (Phi) is 6.54. The molecule has 0 amide bonds. The first-order valence-corrected chi connectivity index (χ1v) is 11.0. The molecule has 0 spiro atoms. The largest absolute Gasteiger partial charge is 0.490 e. The summed E-state index contributed by atoms with van der Waals surface area (Å²) < 4.78 is 11.2. The number of aromatic nitrogens is 2. The molecule has 0 radical (unpaired) electrons. The maximum absolute atomic E-state index is 9.49. The molecule has 1 aromatic heterocycles. The van der Waals surface area contributed by atoms with E-state index in [0.717, 1.165) is 38.0 Å². The zero-order valence-corrected chi connectivity index (χ0v) is 18.8. The third-order valence-corrected chi connectivity index (χ3v) is 5.78. The molecular formula is C25H28N4O3. The molecule has 3 aromatic rings. The fraction of sp³-hybridized carbons (Fsp3) is 0.400. The van der Waals surface area contributed by atoms with Crippen molar-refractivity contribution in [2.45, 2.75) is 46.3 Å². The highest BCUT2D eigenvalue weighted by Gasteiger charge is 2.21. The third-order valence-electron chi connectivity index (χ3n) is 5.78. The summed E-state index contributed by atoms with van der Waals surface area (Å²) in [7, 11) is 0. The minimum absolute atomic E-state index is 0.0169. The molecule has 0 fully saturated rings. The van der Waals surface area contributed by atoms with E-state index in [1.165, 1.54) is 16.7 Å². The lowest BCUT2D eigenvalue weighted by Crippen LogP contribution is -2.32. The Bertz CT molecular complexity index is 1150. The number of fused-ring (bicyclic) bond motifs is 1. The summed E-state index contributed by atoms with van der Waals surface area (Å²) in [6.45, 7) is 8.98. The summed E-state index contributed by atoms with van der Waals surface area (Å²) >= 11 is 0. The van der Waals surface area contributed by atoms with Crippen LogP contribution in [0.15, 0.2) is 34.9 Å². The van der Waals surface area contributed by atoms with Gasteiger partial charge in [-0.05, 0) is 68.5 Å². The lowest BCUT2D eigenvalue weighted by atomic mass is 9.91. The van der Waals surface area contributed by atoms with Crippen LogP contribution >= 0.6 is 0 Å². The zero-order chi connectivity index (χ0) is 22.7. The minimum atomic E-state index is -0.0169. The van der Waals surface area contributed by atoms with Crippen molar-refractivity contribution in [3.05, 3.63) is 52.6 Å². The van der Waals surface area contributed by atoms with E-state index in [0.29, 0.717) is 28.6 Å². The van der Waals surface area contributed by atoms with E-state index < -0.39 is 0 Å². The molecule has 0 unspecified atom stereocenters. The second-order valence-electron chi connectivity index (χ2n) is 8.39. The average Bonchev–Trinajstić information content (AvgIpc) is 3.27. The first kappa shape index (κ1) is 22.0. The third kappa shape index (κ3) is 4.52. The number of nitriles is 1. The van der Waals surface area contributed by atoms with E-state index in [4.69, 9.17) is 14.4 Å². The molecule has 2 heterocycles. The number of hydrogen-bond donors (Lipinski definition) is 1. The number of hydrogen-bond acceptors (Lipinski definition) is 7. The Hall–Kier alpha value is -3.21. The van der Waals surface area contributed by atoms with Gasteiger partial charge >= 0.3 is 0 Å². The Balaban J connectivity index is 1.59. The van der Waals surface area contributed by atoms with Gasteiger partial charge in [-0.1, -0.05) is 17.3 Å². The van der Waals surface area contributed by atoms with Crippen LogP contribution in [0.1, 0.15) is 42.5 Å². The summed E-state index contributed by atoms with van der Waals surface area (Å²) in [4.78, 5) is 6.99. The van der Waals surface area contributed by atoms with Crippen LogP contribution in [0.3, 0.4) is 0 Å². The van der Waals surface area contributed by atoms with Crippen LogP contribution in [0.25, 0.3) is 22.8 Å². The molecule has 1 aliphatic heterocycles. The van der Waals surface area contributed by atoms with Crippen molar-refractivity contribution in [3.8, 4) is 34.7 Å². The average molecular weight is 433 g/mol. The van der Waals surface area contributed by atoms with Crippen LogP contribution in [0, 0.1) is 18.3 Å². The molecular weight excluding hydrogens is 404 g/mol. The molecule has 7 heteroatoms. The van der Waals surface area contributed by atoms with E-state index in [2.05, 4.69) is 40.2 Å². The highest BCUT2D eigenvalue weighted by atomic mass is 16.5. The van der Waals surface area contributed by atoms with Crippen molar-refractivity contribution in [1.29, 1.82) is 5.26 Å². The van der Waals surface area contributed by atoms with E-state index >= 15 is 0 Å². The SMILES string of the molecule is Cc1c(-c2noc(-c3ccc(OC(C)C)c(C#N)c3)n2)ccc2c1CCN(CCCO)C2. The van der Waals surface area contributed by atoms with Gasteiger partial charge in [0.1, 0.15) is 11.8 Å². The number of ether oxygens (including phenoxy) is 1. The van der Waals surface area contributed by atoms with Crippen LogP contribution in [0.4, 0.5) is 0 Å². The second kappa shape index (κ2) is 9.51. The van der Waals surface area contributed by atoms with E-state index in [1.807, 2.05) is 19.9 Å². The van der Waals surface area contributed by atoms with Crippen LogP contribution in [-0.4, -0.2) is 45.9 Å². The molecule has 166 valence electrons. The summed E-state index contributed by atoms with van der Waals surface area (Å²) in [6.07, 6.45) is 1.75. The van der Waals surface area contributed by atoms with Crippen molar-refractivity contribution >= 4 is 0 Å². The molecule has 0 bridgehead atoms. The predicted molar refractivity (Wildman–Crippen MR) is 121 cm³/mol. The first-order chi connectivity index (χ1) is 15.5. The monoisotopic (exact) mass is 432 g/mol. The minimum Gasteiger partial charge on any atom is -0.490 e. The van der Waals surface area contributed by atoms with Crippen molar-refractivity contribution in [3.63, 3.8) is 0 Å². The molecule has 7 nitrogen and oxygen atoms in total. The highest BCUT2D eigenvalue weighted by Crippen LogP contribution is 2.32. The molecule has 0 atom stereocenters. The van der Waals surface area contributed by atoms with Crippen molar-refractivity contribution in [1.82, 2.24) is 15.0 Å². The first-order valence-electron chi connectivity index (χ1n) is 11.0. The van der Waals surface area contributed by atoms with Crippen molar-refractivity contribution < 1.29 is 14.4 Å². The van der Waals surface area contributed by atoms with Gasteiger partial charge in [0.2, 0.25) is 5.82 Å². The molecule has 0 saturated heterocycles. The lowest BCUT2D eigenvalue weighted by molar-refractivity contribution is 0.212. The van der Waals surface area contributed by atoms with Gasteiger partial charge in [0, 0.05) is 37.4 Å². The number of benzene rings is 2. The van der Waals surface area contributed by atoms with Gasteiger partial charge < -0.3 is 14.4 Å². The van der Waals surface area contributed by atoms with Gasteiger partial charge in [-0.2, -0.15) is 10.2 Å². The second-order valence-corrected chi connectivity index (χ2v) is 8.39. The Morgan fingerprint density at radius 1 is 1.28 bits per heavy atom. The summed E-state index contributed by atoms with van der Waals surface area (Å²) in [5.41, 5.74) is 5.92. The molecule has 2 aromatic carbocycles. The number of aliphatic hydroxyl groups is 1. The van der Waals surface area contributed by atoms with E-state index in [-0.39, 0.29) is 12.7 Å². The fourth-order valence-electron chi connectivity index (χ4n) is 4.18. The maximum atomic E-state index is 9.49. The Labute approximate surface area is 188 Å². The Morgan fingerprint density at radius 2 is 2.12 bits per heavy atom. The maximum Gasteiger partial charge on any atom is 0.258 e. The molecule has 0 aliphatic carbocycles. The van der Waals surface area contributed by atoms with E-state index in [9.17, 15) is 5.26 Å². The predicted octanol–water partition coefficient (Wildman–Crippen LogP) is 4.11. The van der Waals surface area contributed by atoms with Crippen LogP contribution in [0.5, 0.6) is 5.75 Å². The summed E-state index contributed by atoms with van der Waals surface area (Å²) in [5, 5.41) is 22.8. The van der Waals surface area contributed by atoms with Crippen molar-refractivity contribution in [2.75, 3.05) is 19.7 Å². The van der Waals surface area contributed by atoms with Gasteiger partial charge in [0.15, 0.2) is 0 Å². The molecule has 4 rings (SSSR count). The lowest BCUT2D eigenvalue weighted by Gasteiger charge is -2.30. The Morgan fingerprint density at radius 3 is 2.88 bits per heavy atom. The fourth-order valence-corrected chi connectivity index (χ4v) is 4.18.